The second-order valence-electron chi connectivity index (χ2n) is 5.98. The zero-order chi connectivity index (χ0) is 12.8. The SMILES string of the molecule is CC(C)(C(=O)NC1C2CNCC21)c1ccccc1.Cl. The number of amides is 1. The molecule has 104 valence electrons. The van der Waals surface area contributed by atoms with Crippen LogP contribution in [0.25, 0.3) is 0 Å². The minimum Gasteiger partial charge on any atom is -0.352 e. The van der Waals surface area contributed by atoms with E-state index in [1.54, 1.807) is 0 Å². The summed E-state index contributed by atoms with van der Waals surface area (Å²) in [6, 6.07) is 10.4. The van der Waals surface area contributed by atoms with Crippen LogP contribution in [0.5, 0.6) is 0 Å². The highest BCUT2D eigenvalue weighted by Gasteiger charge is 2.54. The molecule has 1 heterocycles. The van der Waals surface area contributed by atoms with Gasteiger partial charge in [0.2, 0.25) is 5.91 Å². The van der Waals surface area contributed by atoms with Gasteiger partial charge < -0.3 is 10.6 Å². The average Bonchev–Trinajstić information content (AvgIpc) is 2.83. The van der Waals surface area contributed by atoms with E-state index >= 15 is 0 Å². The first-order valence-corrected chi connectivity index (χ1v) is 6.68. The highest BCUT2D eigenvalue weighted by atomic mass is 35.5. The summed E-state index contributed by atoms with van der Waals surface area (Å²) in [6.07, 6.45) is 0. The van der Waals surface area contributed by atoms with E-state index in [4.69, 9.17) is 0 Å². The van der Waals surface area contributed by atoms with Gasteiger partial charge in [0.1, 0.15) is 0 Å². The van der Waals surface area contributed by atoms with Crippen molar-refractivity contribution < 1.29 is 4.79 Å². The standard InChI is InChI=1S/C15H20N2O.ClH/c1-15(2,10-6-4-3-5-7-10)14(18)17-13-11-8-16-9-12(11)13;/h3-7,11-13,16H,8-9H2,1-2H3,(H,17,18);1H. The van der Waals surface area contributed by atoms with Crippen LogP contribution >= 0.6 is 12.4 Å². The Balaban J connectivity index is 0.00000133. The van der Waals surface area contributed by atoms with Crippen LogP contribution in [0.2, 0.25) is 0 Å². The molecule has 3 nitrogen and oxygen atoms in total. The van der Waals surface area contributed by atoms with Gasteiger partial charge in [0.05, 0.1) is 5.41 Å². The fourth-order valence-electron chi connectivity index (χ4n) is 2.95. The van der Waals surface area contributed by atoms with E-state index in [2.05, 4.69) is 10.6 Å². The van der Waals surface area contributed by atoms with E-state index in [9.17, 15) is 4.79 Å². The molecule has 1 amide bonds. The molecular formula is C15H21ClN2O. The summed E-state index contributed by atoms with van der Waals surface area (Å²) in [7, 11) is 0. The first kappa shape index (κ1) is 14.4. The van der Waals surface area contributed by atoms with E-state index < -0.39 is 5.41 Å². The quantitative estimate of drug-likeness (QED) is 0.885. The van der Waals surface area contributed by atoms with Gasteiger partial charge in [-0.05, 0) is 31.2 Å². The van der Waals surface area contributed by atoms with Crippen molar-refractivity contribution in [2.45, 2.75) is 25.3 Å². The molecule has 2 atom stereocenters. The van der Waals surface area contributed by atoms with Crippen LogP contribution in [-0.4, -0.2) is 25.0 Å². The number of halogens is 1. The van der Waals surface area contributed by atoms with Crippen LogP contribution in [0, 0.1) is 11.8 Å². The largest absolute Gasteiger partial charge is 0.352 e. The summed E-state index contributed by atoms with van der Waals surface area (Å²) in [4.78, 5) is 12.4. The first-order chi connectivity index (χ1) is 8.60. The Labute approximate surface area is 120 Å². The van der Waals surface area contributed by atoms with Crippen molar-refractivity contribution in [3.63, 3.8) is 0 Å². The van der Waals surface area contributed by atoms with Gasteiger partial charge in [-0.2, -0.15) is 0 Å². The van der Waals surface area contributed by atoms with E-state index in [-0.39, 0.29) is 18.3 Å². The second-order valence-corrected chi connectivity index (χ2v) is 5.98. The maximum absolute atomic E-state index is 12.4. The minimum absolute atomic E-state index is 0. The van der Waals surface area contributed by atoms with Crippen LogP contribution in [0.3, 0.4) is 0 Å². The molecule has 1 aliphatic carbocycles. The Morgan fingerprint density at radius 3 is 2.37 bits per heavy atom. The number of nitrogens with one attached hydrogen (secondary N) is 2. The Morgan fingerprint density at radius 2 is 1.79 bits per heavy atom. The Bertz CT molecular complexity index is 450. The van der Waals surface area contributed by atoms with Gasteiger partial charge >= 0.3 is 0 Å². The van der Waals surface area contributed by atoms with Crippen molar-refractivity contribution in [3.05, 3.63) is 35.9 Å². The van der Waals surface area contributed by atoms with Gasteiger partial charge in [0, 0.05) is 19.1 Å². The fraction of sp³-hybridized carbons (Fsp3) is 0.533. The molecule has 0 bridgehead atoms. The zero-order valence-corrected chi connectivity index (χ0v) is 12.2. The summed E-state index contributed by atoms with van der Waals surface area (Å²) in [5.74, 6) is 1.48. The van der Waals surface area contributed by atoms with Gasteiger partial charge in [-0.1, -0.05) is 30.3 Å². The molecule has 1 aromatic rings. The number of carbonyl (C=O) groups is 1. The second kappa shape index (κ2) is 5.14. The number of rotatable bonds is 3. The summed E-state index contributed by atoms with van der Waals surface area (Å²) >= 11 is 0. The summed E-state index contributed by atoms with van der Waals surface area (Å²) in [5, 5.41) is 6.56. The van der Waals surface area contributed by atoms with Crippen molar-refractivity contribution >= 4 is 18.3 Å². The van der Waals surface area contributed by atoms with Crippen molar-refractivity contribution in [1.82, 2.24) is 10.6 Å². The molecule has 19 heavy (non-hydrogen) atoms. The normalized spacial score (nSPS) is 28.2. The third kappa shape index (κ3) is 2.49. The third-order valence-corrected chi connectivity index (χ3v) is 4.45. The van der Waals surface area contributed by atoms with Crippen LogP contribution < -0.4 is 10.6 Å². The van der Waals surface area contributed by atoms with E-state index in [0.29, 0.717) is 17.9 Å². The Hall–Kier alpha value is -1.06. The molecule has 2 aliphatic rings. The maximum Gasteiger partial charge on any atom is 0.230 e. The molecule has 1 aliphatic heterocycles. The van der Waals surface area contributed by atoms with Gasteiger partial charge in [-0.15, -0.1) is 12.4 Å². The first-order valence-electron chi connectivity index (χ1n) is 6.68. The molecule has 0 spiro atoms. The molecule has 1 saturated carbocycles. The predicted molar refractivity (Wildman–Crippen MR) is 78.5 cm³/mol. The van der Waals surface area contributed by atoms with Crippen LogP contribution in [0.1, 0.15) is 19.4 Å². The molecule has 2 N–H and O–H groups in total. The summed E-state index contributed by atoms with van der Waals surface area (Å²) < 4.78 is 0. The Morgan fingerprint density at radius 1 is 1.21 bits per heavy atom. The van der Waals surface area contributed by atoms with Crippen LogP contribution in [-0.2, 0) is 10.2 Å². The highest BCUT2D eigenvalue weighted by Crippen LogP contribution is 2.42. The van der Waals surface area contributed by atoms with Crippen molar-refractivity contribution in [1.29, 1.82) is 0 Å². The van der Waals surface area contributed by atoms with Gasteiger partial charge in [0.25, 0.3) is 0 Å². The minimum atomic E-state index is -0.453. The number of benzene rings is 1. The summed E-state index contributed by atoms with van der Waals surface area (Å²) in [5.41, 5.74) is 0.623. The molecule has 0 aromatic heterocycles. The predicted octanol–water partition coefficient (Wildman–Crippen LogP) is 1.72. The molecule has 2 unspecified atom stereocenters. The van der Waals surface area contributed by atoms with Gasteiger partial charge in [0.15, 0.2) is 0 Å². The maximum atomic E-state index is 12.4. The lowest BCUT2D eigenvalue weighted by atomic mass is 9.83. The molecule has 3 rings (SSSR count). The molecule has 1 aromatic carbocycles. The lowest BCUT2D eigenvalue weighted by Crippen LogP contribution is -2.43. The molecule has 0 radical (unpaired) electrons. The monoisotopic (exact) mass is 280 g/mol. The molecule has 2 fully saturated rings. The molecular weight excluding hydrogens is 260 g/mol. The molecule has 4 heteroatoms. The van der Waals surface area contributed by atoms with E-state index in [1.807, 2.05) is 44.2 Å². The number of piperidine rings is 1. The summed E-state index contributed by atoms with van der Waals surface area (Å²) in [6.45, 7) is 6.10. The number of hydrogen-bond acceptors (Lipinski definition) is 2. The van der Waals surface area contributed by atoms with Crippen LogP contribution in [0.15, 0.2) is 30.3 Å². The smallest absolute Gasteiger partial charge is 0.230 e. The number of fused-ring (bicyclic) bond motifs is 1. The van der Waals surface area contributed by atoms with Crippen LogP contribution in [0.4, 0.5) is 0 Å². The Kier molecular flexibility index (Phi) is 3.88. The lowest BCUT2D eigenvalue weighted by Gasteiger charge is -2.24. The van der Waals surface area contributed by atoms with Crippen molar-refractivity contribution in [2.75, 3.05) is 13.1 Å². The number of hydrogen-bond donors (Lipinski definition) is 2. The third-order valence-electron chi connectivity index (χ3n) is 4.45. The molecule has 1 saturated heterocycles. The van der Waals surface area contributed by atoms with E-state index in [1.165, 1.54) is 0 Å². The zero-order valence-electron chi connectivity index (χ0n) is 11.3. The fourth-order valence-corrected chi connectivity index (χ4v) is 2.95. The van der Waals surface area contributed by atoms with Crippen molar-refractivity contribution in [2.24, 2.45) is 11.8 Å². The van der Waals surface area contributed by atoms with Gasteiger partial charge in [-0.3, -0.25) is 4.79 Å². The van der Waals surface area contributed by atoms with Gasteiger partial charge in [-0.25, -0.2) is 0 Å². The van der Waals surface area contributed by atoms with E-state index in [0.717, 1.165) is 18.7 Å². The number of carbonyl (C=O) groups excluding carboxylic acids is 1. The lowest BCUT2D eigenvalue weighted by molar-refractivity contribution is -0.126. The average molecular weight is 281 g/mol. The topological polar surface area (TPSA) is 41.1 Å². The van der Waals surface area contributed by atoms with Crippen molar-refractivity contribution in [3.8, 4) is 0 Å². The highest BCUT2D eigenvalue weighted by molar-refractivity contribution is 5.87.